The predicted molar refractivity (Wildman–Crippen MR) is 244 cm³/mol. The third kappa shape index (κ3) is 11.6. The number of carbonyl (C=O) groups excluding carboxylic acids is 1. The smallest absolute Gasteiger partial charge is 0.413 e. The molecule has 316 valence electrons. The Bertz CT molecular complexity index is 2110. The van der Waals surface area contributed by atoms with Gasteiger partial charge in [-0.05, 0) is 73.9 Å². The Morgan fingerprint density at radius 2 is 0.852 bits per heavy atom. The van der Waals surface area contributed by atoms with Gasteiger partial charge in [0.15, 0.2) is 0 Å². The van der Waals surface area contributed by atoms with Gasteiger partial charge >= 0.3 is 6.09 Å². The second kappa shape index (κ2) is 20.3. The van der Waals surface area contributed by atoms with E-state index in [1.54, 1.807) is 4.90 Å². The molecular formula is C54H61N3O4. The summed E-state index contributed by atoms with van der Waals surface area (Å²) in [5.74, 6) is 0. The van der Waals surface area contributed by atoms with Crippen LogP contribution in [0.2, 0.25) is 0 Å². The molecule has 1 aliphatic heterocycles. The summed E-state index contributed by atoms with van der Waals surface area (Å²) in [5, 5.41) is 13.6. The molecule has 7 rings (SSSR count). The summed E-state index contributed by atoms with van der Waals surface area (Å²) in [7, 11) is 0. The van der Waals surface area contributed by atoms with E-state index in [0.717, 1.165) is 33.4 Å². The summed E-state index contributed by atoms with van der Waals surface area (Å²) in [6.07, 6.45) is -1.60. The number of ether oxygens (including phenoxy) is 2. The van der Waals surface area contributed by atoms with Gasteiger partial charge in [0.25, 0.3) is 0 Å². The van der Waals surface area contributed by atoms with Crippen molar-refractivity contribution in [1.29, 1.82) is 0 Å². The van der Waals surface area contributed by atoms with Crippen molar-refractivity contribution >= 4 is 6.09 Å². The zero-order valence-electron chi connectivity index (χ0n) is 36.1. The lowest BCUT2D eigenvalue weighted by atomic mass is 9.88. The van der Waals surface area contributed by atoms with Crippen LogP contribution >= 0.6 is 0 Å². The van der Waals surface area contributed by atoms with Crippen molar-refractivity contribution in [2.75, 3.05) is 6.61 Å². The van der Waals surface area contributed by atoms with Crippen molar-refractivity contribution < 1.29 is 19.4 Å². The third-order valence-corrected chi connectivity index (χ3v) is 11.9. The van der Waals surface area contributed by atoms with Crippen LogP contribution in [0.4, 0.5) is 4.79 Å². The van der Waals surface area contributed by atoms with Crippen LogP contribution in [0.15, 0.2) is 182 Å². The van der Waals surface area contributed by atoms with Crippen LogP contribution in [0.1, 0.15) is 61.1 Å². The minimum Gasteiger partial charge on any atom is -0.442 e. The molecule has 0 saturated carbocycles. The Hall–Kier alpha value is -5.57. The molecule has 1 aliphatic rings. The number of nitrogens with zero attached hydrogens (tertiary/aromatic N) is 3. The molecule has 4 atom stereocenters. The molecule has 1 heterocycles. The lowest BCUT2D eigenvalue weighted by molar-refractivity contribution is -0.110. The first-order chi connectivity index (χ1) is 29.6. The predicted octanol–water partition coefficient (Wildman–Crippen LogP) is 10.3. The summed E-state index contributed by atoms with van der Waals surface area (Å²) in [6.45, 7) is 10.5. The van der Waals surface area contributed by atoms with E-state index >= 15 is 4.79 Å². The zero-order valence-corrected chi connectivity index (χ0v) is 36.1. The second-order valence-corrected chi connectivity index (χ2v) is 17.5. The molecule has 1 fully saturated rings. The van der Waals surface area contributed by atoms with Gasteiger partial charge in [-0.2, -0.15) is 0 Å². The summed E-state index contributed by atoms with van der Waals surface area (Å²) in [4.78, 5) is 21.6. The monoisotopic (exact) mass is 815 g/mol. The molecule has 1 amide bonds. The van der Waals surface area contributed by atoms with Gasteiger partial charge in [-0.1, -0.05) is 182 Å². The van der Waals surface area contributed by atoms with E-state index in [1.165, 1.54) is 0 Å². The van der Waals surface area contributed by atoms with Gasteiger partial charge in [-0.3, -0.25) is 14.7 Å². The van der Waals surface area contributed by atoms with E-state index < -0.39 is 41.6 Å². The largest absolute Gasteiger partial charge is 0.442 e. The molecule has 7 heteroatoms. The fourth-order valence-electron chi connectivity index (χ4n) is 8.92. The summed E-state index contributed by atoms with van der Waals surface area (Å²) < 4.78 is 13.3. The number of benzene rings is 6. The summed E-state index contributed by atoms with van der Waals surface area (Å²) in [5.41, 5.74) is 5.12. The van der Waals surface area contributed by atoms with E-state index in [9.17, 15) is 5.11 Å². The molecular weight excluding hydrogens is 755 g/mol. The summed E-state index contributed by atoms with van der Waals surface area (Å²) in [6, 6.07) is 61.5. The van der Waals surface area contributed by atoms with E-state index in [0.29, 0.717) is 45.6 Å². The fourth-order valence-corrected chi connectivity index (χ4v) is 8.92. The molecule has 1 saturated heterocycles. The lowest BCUT2D eigenvalue weighted by Gasteiger charge is -2.45. The van der Waals surface area contributed by atoms with E-state index in [-0.39, 0.29) is 0 Å². The standard InChI is InChI=1S/C54H61N3O4/c1-53(2)41-60-54(3,4)57(53)52(59)61-51(49(36-43-25-13-6-14-26-43)56(39-46-31-19-9-20-32-46)40-47-33-21-10-22-34-47)50(58)48(35-42-23-11-5-12-24-42)55(37-44-27-15-7-16-28-44)38-45-29-17-8-18-30-45/h5-34,48-51,58H,35-41H2,1-4H3/t48-,49-,50-,51-/m0/s1. The quantitative estimate of drug-likeness (QED) is 0.0932. The number of hydrogen-bond donors (Lipinski definition) is 1. The highest BCUT2D eigenvalue weighted by Crippen LogP contribution is 2.37. The van der Waals surface area contributed by atoms with Gasteiger partial charge in [0.2, 0.25) is 0 Å². The Kier molecular flexibility index (Phi) is 14.5. The van der Waals surface area contributed by atoms with Gasteiger partial charge < -0.3 is 14.6 Å². The van der Waals surface area contributed by atoms with Crippen LogP contribution in [-0.4, -0.2) is 68.1 Å². The molecule has 0 aliphatic carbocycles. The maximum absolute atomic E-state index is 15.1. The Morgan fingerprint density at radius 1 is 0.541 bits per heavy atom. The highest BCUT2D eigenvalue weighted by molar-refractivity contribution is 5.70. The van der Waals surface area contributed by atoms with Crippen molar-refractivity contribution in [1.82, 2.24) is 14.7 Å². The van der Waals surface area contributed by atoms with Crippen molar-refractivity contribution in [3.05, 3.63) is 215 Å². The highest BCUT2D eigenvalue weighted by Gasteiger charge is 2.52. The Labute approximate surface area is 363 Å². The zero-order chi connectivity index (χ0) is 42.7. The molecule has 1 N–H and O–H groups in total. The minimum absolute atomic E-state index is 0.364. The lowest BCUT2D eigenvalue weighted by Crippen LogP contribution is -2.60. The van der Waals surface area contributed by atoms with Crippen LogP contribution in [0.25, 0.3) is 0 Å². The van der Waals surface area contributed by atoms with Gasteiger partial charge in [0, 0.05) is 32.2 Å². The minimum atomic E-state index is -1.14. The first-order valence-electron chi connectivity index (χ1n) is 21.6. The number of carbonyl (C=O) groups is 1. The Morgan fingerprint density at radius 3 is 1.18 bits per heavy atom. The van der Waals surface area contributed by atoms with Crippen LogP contribution in [0, 0.1) is 0 Å². The maximum Gasteiger partial charge on any atom is 0.413 e. The molecule has 6 aromatic rings. The molecule has 0 spiro atoms. The maximum atomic E-state index is 15.1. The van der Waals surface area contributed by atoms with Crippen molar-refractivity contribution in [3.63, 3.8) is 0 Å². The fraction of sp³-hybridized carbons (Fsp3) is 0.315. The number of hydrogen-bond acceptors (Lipinski definition) is 6. The Balaban J connectivity index is 1.40. The number of rotatable bonds is 18. The van der Waals surface area contributed by atoms with Crippen molar-refractivity contribution in [2.24, 2.45) is 0 Å². The van der Waals surface area contributed by atoms with Crippen LogP contribution in [0.5, 0.6) is 0 Å². The normalized spacial score (nSPS) is 16.5. The van der Waals surface area contributed by atoms with Gasteiger partial charge in [-0.25, -0.2) is 4.79 Å². The number of aliphatic hydroxyl groups is 1. The molecule has 7 nitrogen and oxygen atoms in total. The van der Waals surface area contributed by atoms with Gasteiger partial charge in [0.1, 0.15) is 17.9 Å². The van der Waals surface area contributed by atoms with E-state index in [2.05, 4.69) is 143 Å². The molecule has 61 heavy (non-hydrogen) atoms. The van der Waals surface area contributed by atoms with Crippen LogP contribution < -0.4 is 0 Å². The van der Waals surface area contributed by atoms with E-state index in [1.807, 2.05) is 76.2 Å². The molecule has 0 bridgehead atoms. The SMILES string of the molecule is CC1(C)COC(C)(C)N1C(=O)O[C@H]([C@@H](O)[C@H](Cc1ccccc1)N(Cc1ccccc1)Cc1ccccc1)[C@H](Cc1ccccc1)N(Cc1ccccc1)Cc1ccccc1. The molecule has 0 radical (unpaired) electrons. The first kappa shape index (κ1) is 43.5. The first-order valence-corrected chi connectivity index (χ1v) is 21.6. The van der Waals surface area contributed by atoms with Crippen LogP contribution in [-0.2, 0) is 48.5 Å². The average Bonchev–Trinajstić information content (AvgIpc) is 3.51. The van der Waals surface area contributed by atoms with Crippen molar-refractivity contribution in [2.45, 2.75) is 102 Å². The highest BCUT2D eigenvalue weighted by atomic mass is 16.6. The molecule has 0 unspecified atom stereocenters. The van der Waals surface area contributed by atoms with Crippen molar-refractivity contribution in [3.8, 4) is 0 Å². The second-order valence-electron chi connectivity index (χ2n) is 17.5. The van der Waals surface area contributed by atoms with Gasteiger partial charge in [-0.15, -0.1) is 0 Å². The molecule has 6 aromatic carbocycles. The van der Waals surface area contributed by atoms with E-state index in [4.69, 9.17) is 9.47 Å². The average molecular weight is 816 g/mol. The topological polar surface area (TPSA) is 65.5 Å². The summed E-state index contributed by atoms with van der Waals surface area (Å²) >= 11 is 0. The third-order valence-electron chi connectivity index (χ3n) is 11.9. The number of aliphatic hydroxyl groups excluding tert-OH is 1. The number of amides is 1. The van der Waals surface area contributed by atoms with Crippen LogP contribution in [0.3, 0.4) is 0 Å². The molecule has 0 aromatic heterocycles. The van der Waals surface area contributed by atoms with Gasteiger partial charge in [0.05, 0.1) is 18.2 Å².